The molecule has 2 aromatic rings. The van der Waals surface area contributed by atoms with Gasteiger partial charge in [0.2, 0.25) is 5.91 Å². The first-order chi connectivity index (χ1) is 18.3. The molecule has 2 fully saturated rings. The van der Waals surface area contributed by atoms with Crippen LogP contribution in [0.25, 0.3) is 11.1 Å². The van der Waals surface area contributed by atoms with Gasteiger partial charge in [-0.3, -0.25) is 4.79 Å². The zero-order valence-corrected chi connectivity index (χ0v) is 22.4. The third kappa shape index (κ3) is 6.53. The number of halogens is 1. The first-order valence-corrected chi connectivity index (χ1v) is 13.7. The van der Waals surface area contributed by atoms with Crippen LogP contribution in [0.3, 0.4) is 0 Å². The number of nitrogens with zero attached hydrogens (tertiary/aromatic N) is 1. The van der Waals surface area contributed by atoms with Gasteiger partial charge in [-0.1, -0.05) is 42.0 Å². The zero-order chi connectivity index (χ0) is 27.2. The summed E-state index contributed by atoms with van der Waals surface area (Å²) in [5.74, 6) is -0.322. The molecule has 2 amide bonds. The van der Waals surface area contributed by atoms with Crippen LogP contribution >= 0.6 is 0 Å². The van der Waals surface area contributed by atoms with Gasteiger partial charge in [-0.2, -0.15) is 0 Å². The van der Waals surface area contributed by atoms with Crippen molar-refractivity contribution in [2.45, 2.75) is 63.5 Å². The molecule has 0 spiro atoms. The molecule has 1 aliphatic heterocycles. The molecule has 5 atom stereocenters. The summed E-state index contributed by atoms with van der Waals surface area (Å²) in [5, 5.41) is 12.8. The number of hydrogen-bond donors (Lipinski definition) is 3. The highest BCUT2D eigenvalue weighted by Gasteiger charge is 2.39. The Morgan fingerprint density at radius 3 is 2.74 bits per heavy atom. The molecular formula is C30H40FN3O4. The summed E-state index contributed by atoms with van der Waals surface area (Å²) in [6.45, 7) is 3.71. The van der Waals surface area contributed by atoms with Crippen LogP contribution in [0.15, 0.2) is 42.5 Å². The van der Waals surface area contributed by atoms with E-state index in [0.717, 1.165) is 36.0 Å². The summed E-state index contributed by atoms with van der Waals surface area (Å²) >= 11 is 0. The molecule has 4 rings (SSSR count). The van der Waals surface area contributed by atoms with E-state index >= 15 is 4.39 Å². The number of aliphatic hydroxyl groups excluding tert-OH is 1. The summed E-state index contributed by atoms with van der Waals surface area (Å²) in [5.41, 5.74) is 9.43. The fourth-order valence-corrected chi connectivity index (χ4v) is 6.23. The number of rotatable bonds is 8. The van der Waals surface area contributed by atoms with Crippen LogP contribution in [-0.2, 0) is 9.53 Å². The first kappa shape index (κ1) is 28.0. The highest BCUT2D eigenvalue weighted by molar-refractivity contribution is 5.79. The second-order valence-electron chi connectivity index (χ2n) is 10.8. The molecule has 7 nitrogen and oxygen atoms in total. The lowest BCUT2D eigenvalue weighted by Crippen LogP contribution is -2.44. The number of aryl methyl sites for hydroxylation is 1. The lowest BCUT2D eigenvalue weighted by atomic mass is 9.75. The highest BCUT2D eigenvalue weighted by Crippen LogP contribution is 2.41. The number of nitrogens with one attached hydrogen (secondary N) is 1. The molecule has 2 aliphatic rings. The van der Waals surface area contributed by atoms with Crippen LogP contribution in [0.1, 0.15) is 55.6 Å². The number of amides is 2. The van der Waals surface area contributed by atoms with Crippen LogP contribution in [0.5, 0.6) is 0 Å². The second-order valence-corrected chi connectivity index (χ2v) is 10.8. The van der Waals surface area contributed by atoms with Crippen molar-refractivity contribution < 1.29 is 23.8 Å². The summed E-state index contributed by atoms with van der Waals surface area (Å²) in [6.07, 6.45) is 3.02. The minimum Gasteiger partial charge on any atom is -0.453 e. The van der Waals surface area contributed by atoms with E-state index in [2.05, 4.69) is 5.32 Å². The van der Waals surface area contributed by atoms with Crippen molar-refractivity contribution in [2.24, 2.45) is 17.6 Å². The minimum absolute atomic E-state index is 0.00677. The number of hydrogen-bond acceptors (Lipinski definition) is 5. The topological polar surface area (TPSA) is 105 Å². The quantitative estimate of drug-likeness (QED) is 0.444. The summed E-state index contributed by atoms with van der Waals surface area (Å²) in [4.78, 5) is 26.9. The maximum Gasteiger partial charge on any atom is 0.406 e. The highest BCUT2D eigenvalue weighted by atomic mass is 19.1. The Labute approximate surface area is 224 Å². The number of ether oxygens (including phenoxy) is 1. The molecule has 1 aliphatic carbocycles. The largest absolute Gasteiger partial charge is 0.453 e. The van der Waals surface area contributed by atoms with E-state index in [9.17, 15) is 14.7 Å². The van der Waals surface area contributed by atoms with Crippen LogP contribution in [0.4, 0.5) is 9.18 Å². The Morgan fingerprint density at radius 1 is 1.24 bits per heavy atom. The summed E-state index contributed by atoms with van der Waals surface area (Å²) < 4.78 is 20.1. The molecule has 1 saturated heterocycles. The standard InChI is InChI=1S/C30H40FN3O4/c1-19-7-3-8-20(15-19)28-24(10-4-12-25(28)31)23(11-5-13-33-30(37)38-2)21-9-6-14-34(18-21)29(36)22-16-26(32)27(35)17-22/h3-4,7-8,10,12,15,21-23,26-27,35H,5-6,9,11,13-14,16-18,32H2,1-2H3,(H,33,37)/t21-,22+,23-,26-,27+/m1/s1. The molecule has 0 unspecified atom stereocenters. The van der Waals surface area contributed by atoms with Crippen molar-refractivity contribution in [2.75, 3.05) is 26.7 Å². The number of benzene rings is 2. The van der Waals surface area contributed by atoms with E-state index in [1.54, 1.807) is 6.07 Å². The molecule has 1 saturated carbocycles. The molecule has 8 heteroatoms. The smallest absolute Gasteiger partial charge is 0.406 e. The Kier molecular flexibility index (Phi) is 9.39. The molecule has 38 heavy (non-hydrogen) atoms. The Hall–Kier alpha value is -2.97. The zero-order valence-electron chi connectivity index (χ0n) is 22.4. The fraction of sp³-hybridized carbons (Fsp3) is 0.533. The van der Waals surface area contributed by atoms with Gasteiger partial charge in [0.25, 0.3) is 0 Å². The van der Waals surface area contributed by atoms with Crippen LogP contribution in [0.2, 0.25) is 0 Å². The van der Waals surface area contributed by atoms with E-state index < -0.39 is 12.2 Å². The average molecular weight is 526 g/mol. The number of carbonyl (C=O) groups excluding carboxylic acids is 2. The SMILES string of the molecule is COC(=O)NCCC[C@@H](c1cccc(F)c1-c1cccc(C)c1)[C@@H]1CCCN(C(=O)[C@H]2C[C@@H](N)[C@@H](O)C2)C1. The van der Waals surface area contributed by atoms with E-state index in [1.165, 1.54) is 13.2 Å². The molecule has 4 N–H and O–H groups in total. The average Bonchev–Trinajstić information content (AvgIpc) is 3.25. The maximum atomic E-state index is 15.4. The van der Waals surface area contributed by atoms with Crippen molar-refractivity contribution >= 4 is 12.0 Å². The van der Waals surface area contributed by atoms with Gasteiger partial charge >= 0.3 is 6.09 Å². The maximum absolute atomic E-state index is 15.4. The molecule has 0 bridgehead atoms. The van der Waals surface area contributed by atoms with Crippen LogP contribution in [0, 0.1) is 24.6 Å². The van der Waals surface area contributed by atoms with Gasteiger partial charge in [-0.05, 0) is 74.5 Å². The third-order valence-electron chi connectivity index (χ3n) is 8.16. The lowest BCUT2D eigenvalue weighted by molar-refractivity contribution is -0.137. The van der Waals surface area contributed by atoms with Gasteiger partial charge in [0.05, 0.1) is 13.2 Å². The monoisotopic (exact) mass is 525 g/mol. The van der Waals surface area contributed by atoms with Crippen molar-refractivity contribution in [3.63, 3.8) is 0 Å². The Morgan fingerprint density at radius 2 is 2.03 bits per heavy atom. The van der Waals surface area contributed by atoms with Crippen molar-refractivity contribution in [3.8, 4) is 11.1 Å². The lowest BCUT2D eigenvalue weighted by Gasteiger charge is -2.39. The van der Waals surface area contributed by atoms with Crippen molar-refractivity contribution in [3.05, 3.63) is 59.4 Å². The van der Waals surface area contributed by atoms with Gasteiger partial charge in [0, 0.05) is 37.2 Å². The number of aliphatic hydroxyl groups is 1. The van der Waals surface area contributed by atoms with Gasteiger partial charge in [-0.25, -0.2) is 9.18 Å². The van der Waals surface area contributed by atoms with E-state index in [1.807, 2.05) is 42.2 Å². The van der Waals surface area contributed by atoms with Gasteiger partial charge in [-0.15, -0.1) is 0 Å². The first-order valence-electron chi connectivity index (χ1n) is 13.7. The molecule has 0 radical (unpaired) electrons. The van der Waals surface area contributed by atoms with Gasteiger partial charge < -0.3 is 25.8 Å². The predicted molar refractivity (Wildman–Crippen MR) is 145 cm³/mol. The minimum atomic E-state index is -0.635. The van der Waals surface area contributed by atoms with E-state index in [0.29, 0.717) is 44.5 Å². The Bertz CT molecular complexity index is 1120. The van der Waals surface area contributed by atoms with Gasteiger partial charge in [0.1, 0.15) is 5.82 Å². The number of nitrogens with two attached hydrogens (primary N) is 1. The second kappa shape index (κ2) is 12.7. The predicted octanol–water partition coefficient (Wildman–Crippen LogP) is 4.36. The number of piperidine rings is 1. The molecule has 206 valence electrons. The Balaban J connectivity index is 1.61. The molecule has 2 aromatic carbocycles. The molecule has 0 aromatic heterocycles. The van der Waals surface area contributed by atoms with Crippen molar-refractivity contribution in [1.82, 2.24) is 10.2 Å². The number of methoxy groups -OCH3 is 1. The molecular weight excluding hydrogens is 485 g/mol. The van der Waals surface area contributed by atoms with E-state index in [4.69, 9.17) is 10.5 Å². The summed E-state index contributed by atoms with van der Waals surface area (Å²) in [6, 6.07) is 12.8. The van der Waals surface area contributed by atoms with Crippen LogP contribution in [-0.4, -0.2) is 60.9 Å². The van der Waals surface area contributed by atoms with Crippen molar-refractivity contribution in [1.29, 1.82) is 0 Å². The normalized spacial score (nSPS) is 24.2. The van der Waals surface area contributed by atoms with Gasteiger partial charge in [0.15, 0.2) is 0 Å². The number of carbonyl (C=O) groups is 2. The number of alkyl carbamates (subject to hydrolysis) is 1. The molecule has 1 heterocycles. The van der Waals surface area contributed by atoms with E-state index in [-0.39, 0.29) is 35.5 Å². The fourth-order valence-electron chi connectivity index (χ4n) is 6.23. The third-order valence-corrected chi connectivity index (χ3v) is 8.16. The van der Waals surface area contributed by atoms with Crippen LogP contribution < -0.4 is 11.1 Å². The number of likely N-dealkylation sites (tertiary alicyclic amines) is 1. The summed E-state index contributed by atoms with van der Waals surface area (Å²) in [7, 11) is 1.34.